The topological polar surface area (TPSA) is 44.8 Å². The number of benzene rings is 2. The highest BCUT2D eigenvalue weighted by Crippen LogP contribution is 2.49. The minimum absolute atomic E-state index is 0.0886. The first-order chi connectivity index (χ1) is 13.7. The third-order valence-electron chi connectivity index (χ3n) is 6.10. The van der Waals surface area contributed by atoms with Crippen LogP contribution < -0.4 is 15.0 Å². The first kappa shape index (κ1) is 17.5. The summed E-state index contributed by atoms with van der Waals surface area (Å²) in [6.07, 6.45) is 2.01. The Kier molecular flexibility index (Phi) is 4.43. The number of piperidine rings is 1. The lowest BCUT2D eigenvalue weighted by molar-refractivity contribution is -0.115. The van der Waals surface area contributed by atoms with Gasteiger partial charge in [0.2, 0.25) is 5.91 Å². The van der Waals surface area contributed by atoms with Gasteiger partial charge in [-0.15, -0.1) is 0 Å². The van der Waals surface area contributed by atoms with E-state index in [1.165, 1.54) is 23.4 Å². The number of amides is 1. The van der Waals surface area contributed by atoms with Gasteiger partial charge in [0.05, 0.1) is 24.5 Å². The summed E-state index contributed by atoms with van der Waals surface area (Å²) in [5.74, 6) is 1.01. The lowest BCUT2D eigenvalue weighted by atomic mass is 9.89. The molecule has 0 unspecified atom stereocenters. The fourth-order valence-electron chi connectivity index (χ4n) is 4.89. The molecule has 2 aromatic carbocycles. The van der Waals surface area contributed by atoms with Crippen LogP contribution in [-0.2, 0) is 4.79 Å². The van der Waals surface area contributed by atoms with Gasteiger partial charge in [-0.3, -0.25) is 4.79 Å². The van der Waals surface area contributed by atoms with Gasteiger partial charge in [-0.1, -0.05) is 12.1 Å². The highest BCUT2D eigenvalue weighted by molar-refractivity contribution is 6.03. The van der Waals surface area contributed by atoms with Crippen LogP contribution in [0.4, 0.5) is 15.8 Å². The fourth-order valence-corrected chi connectivity index (χ4v) is 4.89. The SMILES string of the molecule is O=C1CN2c3c(cccc3[C@H]3CN(CCCOc4ccc(F)cc4)CC[C@H]32)N1. The summed E-state index contributed by atoms with van der Waals surface area (Å²) in [6.45, 7) is 4.14. The van der Waals surface area contributed by atoms with Crippen molar-refractivity contribution in [2.24, 2.45) is 0 Å². The van der Waals surface area contributed by atoms with Crippen LogP contribution >= 0.6 is 0 Å². The lowest BCUT2D eigenvalue weighted by Crippen LogP contribution is -2.49. The summed E-state index contributed by atoms with van der Waals surface area (Å²) >= 11 is 0. The molecule has 0 radical (unpaired) electrons. The minimum atomic E-state index is -0.245. The predicted octanol–water partition coefficient (Wildman–Crippen LogP) is 3.22. The molecule has 2 aromatic rings. The number of nitrogens with zero attached hydrogens (tertiary/aromatic N) is 2. The first-order valence-corrected chi connectivity index (χ1v) is 9.99. The molecule has 3 aliphatic heterocycles. The van der Waals surface area contributed by atoms with E-state index in [-0.39, 0.29) is 11.7 Å². The van der Waals surface area contributed by atoms with E-state index in [1.54, 1.807) is 12.1 Å². The molecule has 0 bridgehead atoms. The average Bonchev–Trinajstić information content (AvgIpc) is 3.01. The monoisotopic (exact) mass is 381 g/mol. The molecule has 0 spiro atoms. The standard InChI is InChI=1S/C22H24FN3O2/c23-15-5-7-16(8-6-15)28-12-2-10-25-11-9-20-18(13-25)17-3-1-4-19-22(17)26(20)14-21(27)24-19/h1,3-8,18,20H,2,9-14H2,(H,24,27)/t18-,20-/m1/s1. The number of hydrogen-bond donors (Lipinski definition) is 1. The van der Waals surface area contributed by atoms with E-state index in [1.807, 2.05) is 6.07 Å². The molecule has 28 heavy (non-hydrogen) atoms. The van der Waals surface area contributed by atoms with Crippen LogP contribution in [0.25, 0.3) is 0 Å². The summed E-state index contributed by atoms with van der Waals surface area (Å²) in [7, 11) is 0. The largest absolute Gasteiger partial charge is 0.494 e. The third kappa shape index (κ3) is 3.11. The Morgan fingerprint density at radius 1 is 1.18 bits per heavy atom. The molecule has 6 heteroatoms. The van der Waals surface area contributed by atoms with Gasteiger partial charge in [0.1, 0.15) is 11.6 Å². The van der Waals surface area contributed by atoms with E-state index in [4.69, 9.17) is 4.74 Å². The van der Waals surface area contributed by atoms with Gasteiger partial charge in [-0.05, 0) is 48.7 Å². The Hall–Kier alpha value is -2.60. The molecular formula is C22H24FN3O2. The summed E-state index contributed by atoms with van der Waals surface area (Å²) in [4.78, 5) is 16.9. The zero-order valence-electron chi connectivity index (χ0n) is 15.7. The van der Waals surface area contributed by atoms with Crippen LogP contribution in [-0.4, -0.2) is 49.6 Å². The lowest BCUT2D eigenvalue weighted by Gasteiger charge is -2.39. The van der Waals surface area contributed by atoms with Crippen molar-refractivity contribution in [2.75, 3.05) is 43.0 Å². The number of para-hydroxylation sites is 1. The normalized spacial score (nSPS) is 23.2. The van der Waals surface area contributed by atoms with Crippen molar-refractivity contribution in [3.63, 3.8) is 0 Å². The molecule has 2 atom stereocenters. The number of hydrogen-bond acceptors (Lipinski definition) is 4. The highest BCUT2D eigenvalue weighted by atomic mass is 19.1. The zero-order valence-corrected chi connectivity index (χ0v) is 15.7. The predicted molar refractivity (Wildman–Crippen MR) is 107 cm³/mol. The van der Waals surface area contributed by atoms with Crippen molar-refractivity contribution in [3.8, 4) is 5.75 Å². The Bertz CT molecular complexity index is 886. The third-order valence-corrected chi connectivity index (χ3v) is 6.10. The average molecular weight is 381 g/mol. The maximum Gasteiger partial charge on any atom is 0.243 e. The molecule has 1 fully saturated rings. The number of rotatable bonds is 5. The molecule has 5 rings (SSSR count). The maximum atomic E-state index is 12.9. The number of fused-ring (bicyclic) bond motifs is 3. The second kappa shape index (κ2) is 7.09. The number of carbonyl (C=O) groups is 1. The molecule has 1 N–H and O–H groups in total. The van der Waals surface area contributed by atoms with Crippen LogP contribution in [0.2, 0.25) is 0 Å². The molecule has 3 aliphatic rings. The van der Waals surface area contributed by atoms with E-state index in [9.17, 15) is 9.18 Å². The first-order valence-electron chi connectivity index (χ1n) is 9.99. The van der Waals surface area contributed by atoms with Gasteiger partial charge in [0.25, 0.3) is 0 Å². The Labute approximate surface area is 164 Å². The smallest absolute Gasteiger partial charge is 0.243 e. The van der Waals surface area contributed by atoms with Crippen molar-refractivity contribution in [1.29, 1.82) is 0 Å². The molecule has 0 aliphatic carbocycles. The minimum Gasteiger partial charge on any atom is -0.494 e. The molecule has 146 valence electrons. The highest BCUT2D eigenvalue weighted by Gasteiger charge is 2.44. The molecule has 0 saturated carbocycles. The fraction of sp³-hybridized carbons (Fsp3) is 0.409. The Morgan fingerprint density at radius 2 is 2.04 bits per heavy atom. The summed E-state index contributed by atoms with van der Waals surface area (Å²) < 4.78 is 18.7. The van der Waals surface area contributed by atoms with Crippen LogP contribution in [0.3, 0.4) is 0 Å². The van der Waals surface area contributed by atoms with Gasteiger partial charge < -0.3 is 19.9 Å². The van der Waals surface area contributed by atoms with E-state index < -0.39 is 0 Å². The summed E-state index contributed by atoms with van der Waals surface area (Å²) in [6, 6.07) is 12.9. The van der Waals surface area contributed by atoms with Crippen molar-refractivity contribution >= 4 is 17.3 Å². The number of anilines is 2. The van der Waals surface area contributed by atoms with E-state index in [0.29, 0.717) is 30.9 Å². The van der Waals surface area contributed by atoms with Crippen molar-refractivity contribution < 1.29 is 13.9 Å². The molecule has 5 nitrogen and oxygen atoms in total. The van der Waals surface area contributed by atoms with E-state index in [2.05, 4.69) is 27.2 Å². The molecule has 1 saturated heterocycles. The molecule has 1 amide bonds. The van der Waals surface area contributed by atoms with E-state index >= 15 is 0 Å². The Balaban J connectivity index is 1.20. The quantitative estimate of drug-likeness (QED) is 0.808. The summed E-state index contributed by atoms with van der Waals surface area (Å²) in [5, 5.41) is 3.02. The van der Waals surface area contributed by atoms with Gasteiger partial charge in [-0.2, -0.15) is 0 Å². The number of likely N-dealkylation sites (tertiary alicyclic amines) is 1. The zero-order chi connectivity index (χ0) is 19.1. The van der Waals surface area contributed by atoms with Crippen molar-refractivity contribution in [1.82, 2.24) is 4.90 Å². The second-order valence-electron chi connectivity index (χ2n) is 7.84. The van der Waals surface area contributed by atoms with Gasteiger partial charge in [-0.25, -0.2) is 4.39 Å². The summed E-state index contributed by atoms with van der Waals surface area (Å²) in [5.41, 5.74) is 3.57. The second-order valence-corrected chi connectivity index (χ2v) is 7.84. The molecule has 0 aromatic heterocycles. The maximum absolute atomic E-state index is 12.9. The molecule has 3 heterocycles. The van der Waals surface area contributed by atoms with Crippen molar-refractivity contribution in [3.05, 3.63) is 53.8 Å². The number of nitrogens with one attached hydrogen (secondary N) is 1. The van der Waals surface area contributed by atoms with E-state index in [0.717, 1.165) is 38.2 Å². The van der Waals surface area contributed by atoms with Crippen molar-refractivity contribution in [2.45, 2.75) is 24.8 Å². The van der Waals surface area contributed by atoms with Crippen LogP contribution in [0.15, 0.2) is 42.5 Å². The van der Waals surface area contributed by atoms with Gasteiger partial charge in [0, 0.05) is 31.6 Å². The molecular weight excluding hydrogens is 357 g/mol. The van der Waals surface area contributed by atoms with Crippen LogP contribution in [0.1, 0.15) is 24.3 Å². The number of halogens is 1. The number of ether oxygens (including phenoxy) is 1. The Morgan fingerprint density at radius 3 is 2.89 bits per heavy atom. The van der Waals surface area contributed by atoms with Gasteiger partial charge >= 0.3 is 0 Å². The van der Waals surface area contributed by atoms with Crippen LogP contribution in [0, 0.1) is 5.82 Å². The van der Waals surface area contributed by atoms with Crippen LogP contribution in [0.5, 0.6) is 5.75 Å². The number of carbonyl (C=O) groups excluding carboxylic acids is 1. The van der Waals surface area contributed by atoms with Gasteiger partial charge in [0.15, 0.2) is 0 Å².